The SMILES string of the molecule is CCCCCCCCCCCCCSPOC(Sc1ccccc1)C(C(OPSCCCCCCCCCCCCC)Sc1ccccc1)(C(OPSCCCCCCCCCCCCC)Sc1ccccc1)C(OPSCCCCCCCCCCCCC)Sc1ccccc1. The van der Waals surface area contributed by atoms with Gasteiger partial charge in [-0.3, -0.25) is 0 Å². The van der Waals surface area contributed by atoms with Gasteiger partial charge in [0.25, 0.3) is 0 Å². The fourth-order valence-electron chi connectivity index (χ4n) is 11.9. The lowest BCUT2D eigenvalue weighted by molar-refractivity contribution is -0.0414. The second kappa shape index (κ2) is 67.8. The molecule has 4 rings (SSSR count). The molecule has 8 unspecified atom stereocenters. The average Bonchev–Trinajstić information content (AvgIpc) is 0.741. The van der Waals surface area contributed by atoms with Crippen molar-refractivity contribution in [3.05, 3.63) is 121 Å². The minimum absolute atomic E-state index is 0.226. The van der Waals surface area contributed by atoms with Crippen molar-refractivity contribution >= 4 is 125 Å². The number of benzene rings is 4. The van der Waals surface area contributed by atoms with Gasteiger partial charge in [0.15, 0.2) is 0 Å². The molecule has 0 spiro atoms. The van der Waals surface area contributed by atoms with E-state index in [4.69, 9.17) is 18.1 Å². The predicted molar refractivity (Wildman–Crippen MR) is 460 cm³/mol. The summed E-state index contributed by atoms with van der Waals surface area (Å²) in [5.41, 5.74) is -2.68. The first kappa shape index (κ1) is 90.6. The normalized spacial score (nSPS) is 14.1. The minimum atomic E-state index is -0.926. The largest absolute Gasteiger partial charge is 0.336 e. The molecule has 8 atom stereocenters. The molecule has 552 valence electrons. The molecule has 4 aromatic rings. The van der Waals surface area contributed by atoms with Crippen LogP contribution in [0.5, 0.6) is 0 Å². The number of hydrogen-bond acceptors (Lipinski definition) is 12. The predicted octanol–water partition coefficient (Wildman–Crippen LogP) is 32.7. The maximum absolute atomic E-state index is 7.90. The molecule has 4 aromatic carbocycles. The lowest BCUT2D eigenvalue weighted by atomic mass is 9.90. The summed E-state index contributed by atoms with van der Waals surface area (Å²) in [5.74, 6) is 4.36. The molecule has 0 aromatic heterocycles. The Kier molecular flexibility index (Phi) is 63.4. The van der Waals surface area contributed by atoms with Crippen LogP contribution in [-0.2, 0) is 18.1 Å². The Labute approximate surface area is 638 Å². The van der Waals surface area contributed by atoms with Crippen LogP contribution in [0.1, 0.15) is 310 Å². The van der Waals surface area contributed by atoms with E-state index in [1.807, 2.05) is 92.6 Å². The van der Waals surface area contributed by atoms with Crippen molar-refractivity contribution in [3.8, 4) is 0 Å². The number of thioether (sulfide) groups is 4. The van der Waals surface area contributed by atoms with Crippen LogP contribution in [0.3, 0.4) is 0 Å². The Balaban J connectivity index is 1.78. The van der Waals surface area contributed by atoms with E-state index >= 15 is 0 Å². The van der Waals surface area contributed by atoms with Crippen molar-refractivity contribution in [1.82, 2.24) is 0 Å². The van der Waals surface area contributed by atoms with Crippen molar-refractivity contribution in [2.75, 3.05) is 23.0 Å². The van der Waals surface area contributed by atoms with Crippen molar-refractivity contribution < 1.29 is 18.1 Å². The Morgan fingerprint density at radius 3 is 0.546 bits per heavy atom. The molecule has 0 saturated carbocycles. The second-order valence-electron chi connectivity index (χ2n) is 26.4. The Morgan fingerprint density at radius 1 is 0.227 bits per heavy atom. The van der Waals surface area contributed by atoms with Gasteiger partial charge >= 0.3 is 0 Å². The third-order valence-electron chi connectivity index (χ3n) is 17.8. The van der Waals surface area contributed by atoms with E-state index in [0.717, 1.165) is 23.0 Å². The highest BCUT2D eigenvalue weighted by molar-refractivity contribution is 8.49. The summed E-state index contributed by atoms with van der Waals surface area (Å²) in [4.78, 5) is 4.73. The van der Waals surface area contributed by atoms with Crippen molar-refractivity contribution in [1.29, 1.82) is 0 Å². The average molecular weight is 1550 g/mol. The summed E-state index contributed by atoms with van der Waals surface area (Å²) in [5, 5.41) is 0. The zero-order chi connectivity index (χ0) is 68.5. The van der Waals surface area contributed by atoms with E-state index < -0.39 is 27.2 Å². The lowest BCUT2D eigenvalue weighted by Gasteiger charge is -2.51. The number of hydrogen-bond donors (Lipinski definition) is 0. The topological polar surface area (TPSA) is 36.9 Å². The van der Waals surface area contributed by atoms with Crippen LogP contribution >= 0.6 is 125 Å². The second-order valence-corrected chi connectivity index (χ2v) is 40.8. The summed E-state index contributed by atoms with van der Waals surface area (Å²) in [6.45, 7) is 9.26. The standard InChI is InChI=1S/C81H136O4P4S8/c1-5-9-13-17-21-25-29-33-37-41-57-69-90-86-82-77(94-73-61-49-45-50-62-73)81(78(95-74-63-51-46-52-64-74)83-87-91-70-58-42-38-34-30-26-22-18-14-10-6-2,79(96-75-65-53-47-54-66-75)84-88-92-71-59-43-39-35-31-27-23-19-15-11-7-3)80(97-76-67-55-48-56-68-76)85-89-93-72-60-44-40-36-32-28-24-20-16-12-8-4/h45-56,61-68,77-80,86-89H,5-44,57-60,69-72H2,1-4H3. The van der Waals surface area contributed by atoms with Crippen LogP contribution in [0.15, 0.2) is 141 Å². The smallest absolute Gasteiger partial charge is 0.128 e. The van der Waals surface area contributed by atoms with Crippen LogP contribution in [0.25, 0.3) is 0 Å². The van der Waals surface area contributed by atoms with Gasteiger partial charge in [0, 0.05) is 19.6 Å². The first-order valence-corrected chi connectivity index (χ1v) is 53.1. The maximum Gasteiger partial charge on any atom is 0.128 e. The van der Waals surface area contributed by atoms with Crippen molar-refractivity contribution in [2.24, 2.45) is 5.41 Å². The molecule has 0 saturated heterocycles. The molecule has 0 radical (unpaired) electrons. The van der Waals surface area contributed by atoms with Crippen LogP contribution in [0.4, 0.5) is 0 Å². The Morgan fingerprint density at radius 2 is 0.381 bits per heavy atom. The zero-order valence-electron chi connectivity index (χ0n) is 61.2. The van der Waals surface area contributed by atoms with Gasteiger partial charge < -0.3 is 18.1 Å². The third kappa shape index (κ3) is 46.8. The highest BCUT2D eigenvalue weighted by Gasteiger charge is 2.62. The fraction of sp³-hybridized carbons (Fsp3) is 0.704. The molecule has 97 heavy (non-hydrogen) atoms. The quantitative estimate of drug-likeness (QED) is 0.0183. The molecule has 0 aliphatic carbocycles. The molecule has 0 N–H and O–H groups in total. The zero-order valence-corrected chi connectivity index (χ0v) is 71.7. The van der Waals surface area contributed by atoms with Gasteiger partial charge in [-0.25, -0.2) is 0 Å². The van der Waals surface area contributed by atoms with Gasteiger partial charge in [-0.1, -0.05) is 404 Å². The summed E-state index contributed by atoms with van der Waals surface area (Å²) in [6, 6.07) is 44.5. The van der Waals surface area contributed by atoms with Gasteiger partial charge in [0.1, 0.15) is 27.2 Å². The molecule has 4 nitrogen and oxygen atoms in total. The van der Waals surface area contributed by atoms with Crippen LogP contribution < -0.4 is 0 Å². The summed E-state index contributed by atoms with van der Waals surface area (Å²) in [7, 11) is 0.906. The van der Waals surface area contributed by atoms with Crippen LogP contribution in [-0.4, -0.2) is 44.8 Å². The van der Waals surface area contributed by atoms with Crippen molar-refractivity contribution in [3.63, 3.8) is 0 Å². The highest BCUT2D eigenvalue weighted by atomic mass is 32.7. The number of rotatable bonds is 72. The summed E-state index contributed by atoms with van der Waals surface area (Å²) < 4.78 is 31.6. The monoisotopic (exact) mass is 1550 g/mol. The van der Waals surface area contributed by atoms with E-state index in [-0.39, 0.29) is 32.0 Å². The van der Waals surface area contributed by atoms with Crippen molar-refractivity contribution in [2.45, 2.75) is 352 Å². The molecule has 0 fully saturated rings. The molecular weight excluding hydrogens is 1420 g/mol. The fourth-order valence-corrected chi connectivity index (χ4v) is 26.9. The van der Waals surface area contributed by atoms with E-state index in [9.17, 15) is 0 Å². The first-order chi connectivity index (χ1) is 48.1. The van der Waals surface area contributed by atoms with E-state index in [1.54, 1.807) is 0 Å². The number of unbranched alkanes of at least 4 members (excludes halogenated alkanes) is 40. The molecule has 0 amide bonds. The van der Waals surface area contributed by atoms with Gasteiger partial charge in [0.2, 0.25) is 0 Å². The summed E-state index contributed by atoms with van der Waals surface area (Å²) in [6.07, 6.45) is 59.4. The van der Waals surface area contributed by atoms with E-state index in [1.165, 1.54) is 302 Å². The van der Waals surface area contributed by atoms with Gasteiger partial charge in [-0.2, -0.15) is 0 Å². The minimum Gasteiger partial charge on any atom is -0.336 e. The molecule has 16 heteroatoms. The van der Waals surface area contributed by atoms with E-state index in [2.05, 4.69) is 149 Å². The Hall–Kier alpha value is 1.24. The third-order valence-corrected chi connectivity index (χ3v) is 32.4. The molecule has 0 heterocycles. The van der Waals surface area contributed by atoms with E-state index in [0.29, 0.717) is 0 Å². The molecule has 0 aliphatic rings. The molecule has 0 aliphatic heterocycles. The molecular formula is C81H136O4P4S8. The maximum atomic E-state index is 7.90. The van der Waals surface area contributed by atoms with Gasteiger partial charge in [0.05, 0.1) is 32.0 Å². The molecule has 0 bridgehead atoms. The van der Waals surface area contributed by atoms with Gasteiger partial charge in [-0.15, -0.1) is 45.5 Å². The first-order valence-electron chi connectivity index (χ1n) is 39.1. The lowest BCUT2D eigenvalue weighted by Crippen LogP contribution is -2.57. The highest BCUT2D eigenvalue weighted by Crippen LogP contribution is 2.64. The summed E-state index contributed by atoms with van der Waals surface area (Å²) >= 11 is 15.4. The Bertz CT molecular complexity index is 1950. The van der Waals surface area contributed by atoms with Crippen LogP contribution in [0, 0.1) is 5.41 Å². The van der Waals surface area contributed by atoms with Crippen LogP contribution in [0.2, 0.25) is 0 Å². The van der Waals surface area contributed by atoms with Gasteiger partial charge in [-0.05, 0) is 97.2 Å².